The van der Waals surface area contributed by atoms with Gasteiger partial charge in [-0.2, -0.15) is 0 Å². The number of carbonyl (C=O) groups excluding carboxylic acids is 1. The molecule has 7 heteroatoms. The maximum atomic E-state index is 11.2. The van der Waals surface area contributed by atoms with E-state index in [2.05, 4.69) is 15.9 Å². The summed E-state index contributed by atoms with van der Waals surface area (Å²) < 4.78 is 4.98. The van der Waals surface area contributed by atoms with E-state index in [9.17, 15) is 4.79 Å². The average Bonchev–Trinajstić information content (AvgIpc) is 2.63. The van der Waals surface area contributed by atoms with E-state index in [1.165, 1.54) is 7.05 Å². The van der Waals surface area contributed by atoms with E-state index in [0.29, 0.717) is 19.6 Å². The third-order valence-electron chi connectivity index (χ3n) is 2.47. The van der Waals surface area contributed by atoms with E-state index in [0.717, 1.165) is 19.3 Å². The molecule has 1 atom stereocenters. The van der Waals surface area contributed by atoms with Crippen LogP contribution in [0.4, 0.5) is 0 Å². The highest BCUT2D eigenvalue weighted by Crippen LogP contribution is 2.07. The number of nitrogens with one attached hydrogen (secondary N) is 1. The largest absolute Gasteiger partial charge is 0.396 e. The summed E-state index contributed by atoms with van der Waals surface area (Å²) in [6.45, 7) is 9.62. The van der Waals surface area contributed by atoms with Gasteiger partial charge in [0.2, 0.25) is 5.91 Å². The summed E-state index contributed by atoms with van der Waals surface area (Å²) in [5.41, 5.74) is 4.50. The highest BCUT2D eigenvalue weighted by atomic mass is 16.6. The summed E-state index contributed by atoms with van der Waals surface area (Å²) >= 11 is 0. The van der Waals surface area contributed by atoms with Crippen LogP contribution in [-0.2, 0) is 14.4 Å². The zero-order valence-electron chi connectivity index (χ0n) is 16.1. The van der Waals surface area contributed by atoms with Gasteiger partial charge in [-0.05, 0) is 19.9 Å². The fourth-order valence-electron chi connectivity index (χ4n) is 1.49. The quantitative estimate of drug-likeness (QED) is 0.334. The first-order chi connectivity index (χ1) is 11.2. The van der Waals surface area contributed by atoms with Gasteiger partial charge >= 0.3 is 0 Å². The van der Waals surface area contributed by atoms with Gasteiger partial charge in [0.05, 0.1) is 19.6 Å². The monoisotopic (exact) mass is 339 g/mol. The number of carbonyl (C=O) groups is 1. The molecule has 0 aliphatic heterocycles. The fraction of sp³-hybridized carbons (Fsp3) is 0.938. The first-order valence-electron chi connectivity index (χ1n) is 8.50. The van der Waals surface area contributed by atoms with Crippen molar-refractivity contribution in [1.82, 2.24) is 5.32 Å². The zero-order chi connectivity index (χ0) is 18.9. The number of nitrogens with two attached hydrogens (primary N) is 2. The molecule has 1 unspecified atom stereocenters. The number of hydrogen-bond acceptors (Lipinski definition) is 6. The zero-order valence-corrected chi connectivity index (χ0v) is 16.1. The van der Waals surface area contributed by atoms with Gasteiger partial charge in [-0.15, -0.1) is 0 Å². The highest BCUT2D eigenvalue weighted by Gasteiger charge is 2.06. The Morgan fingerprint density at radius 3 is 2.17 bits per heavy atom. The number of ether oxygens (including phenoxy) is 1. The summed E-state index contributed by atoms with van der Waals surface area (Å²) in [6.07, 6.45) is 3.06. The van der Waals surface area contributed by atoms with Crippen molar-refractivity contribution in [2.75, 3.05) is 40.5 Å². The number of aliphatic hydroxyl groups is 1. The molecule has 1 amide bonds. The van der Waals surface area contributed by atoms with E-state index < -0.39 is 0 Å². The number of hydrogen-bond donors (Lipinski definition) is 4. The Labute approximate surface area is 143 Å². The molecule has 0 saturated carbocycles. The van der Waals surface area contributed by atoms with Gasteiger partial charge in [-0.1, -0.05) is 34.1 Å². The number of amides is 1. The van der Waals surface area contributed by atoms with Crippen molar-refractivity contribution in [2.45, 2.75) is 53.4 Å². The molecule has 7 nitrogen and oxygen atoms in total. The summed E-state index contributed by atoms with van der Waals surface area (Å²) in [5, 5.41) is 11.8. The van der Waals surface area contributed by atoms with Gasteiger partial charge in [-0.25, -0.2) is 5.90 Å². The lowest BCUT2D eigenvalue weighted by atomic mass is 10.0. The van der Waals surface area contributed by atoms with Gasteiger partial charge in [0.25, 0.3) is 0 Å². The van der Waals surface area contributed by atoms with Crippen LogP contribution >= 0.6 is 0 Å². The smallest absolute Gasteiger partial charge is 0.222 e. The van der Waals surface area contributed by atoms with Crippen LogP contribution in [-0.4, -0.2) is 51.5 Å². The third-order valence-corrected chi connectivity index (χ3v) is 2.47. The Morgan fingerprint density at radius 1 is 1.17 bits per heavy atom. The molecule has 0 bridgehead atoms. The Hall–Kier alpha value is -0.730. The maximum absolute atomic E-state index is 11.2. The molecule has 144 valence electrons. The normalized spacial score (nSPS) is 9.96. The predicted molar refractivity (Wildman–Crippen MR) is 96.9 cm³/mol. The lowest BCUT2D eigenvalue weighted by molar-refractivity contribution is -0.122. The topological polar surface area (TPSA) is 120 Å². The van der Waals surface area contributed by atoms with Gasteiger partial charge in [0.1, 0.15) is 0 Å². The van der Waals surface area contributed by atoms with Crippen molar-refractivity contribution in [3.05, 3.63) is 0 Å². The molecule has 0 aliphatic rings. The minimum absolute atomic E-state index is 0.0500. The van der Waals surface area contributed by atoms with Gasteiger partial charge in [-0.3, -0.25) is 4.79 Å². The molecule has 0 heterocycles. The molecule has 0 rings (SSSR count). The molecule has 23 heavy (non-hydrogen) atoms. The van der Waals surface area contributed by atoms with Crippen molar-refractivity contribution < 1.29 is 19.5 Å². The Balaban J connectivity index is -0.000000267. The lowest BCUT2D eigenvalue weighted by Crippen LogP contribution is -2.26. The van der Waals surface area contributed by atoms with E-state index in [4.69, 9.17) is 15.7 Å². The van der Waals surface area contributed by atoms with Crippen LogP contribution in [0.15, 0.2) is 0 Å². The number of rotatable bonds is 11. The van der Waals surface area contributed by atoms with Crippen LogP contribution in [0.3, 0.4) is 0 Å². The lowest BCUT2D eigenvalue weighted by Gasteiger charge is -2.12. The Bertz CT molecular complexity index is 196. The molecule has 0 aromatic rings. The Kier molecular flexibility index (Phi) is 43.3. The van der Waals surface area contributed by atoms with Crippen molar-refractivity contribution in [2.24, 2.45) is 17.5 Å². The second-order valence-electron chi connectivity index (χ2n) is 3.97. The second kappa shape index (κ2) is 33.0. The van der Waals surface area contributed by atoms with Crippen LogP contribution in [0, 0.1) is 5.92 Å². The number of unbranched alkanes of at least 4 members (excludes halogenated alkanes) is 1. The number of methoxy groups -OCH3 is 1. The van der Waals surface area contributed by atoms with Gasteiger partial charge < -0.3 is 25.7 Å². The third kappa shape index (κ3) is 29.8. The van der Waals surface area contributed by atoms with Crippen molar-refractivity contribution in [3.63, 3.8) is 0 Å². The van der Waals surface area contributed by atoms with Gasteiger partial charge in [0.15, 0.2) is 0 Å². The first kappa shape index (κ1) is 30.2. The van der Waals surface area contributed by atoms with Crippen LogP contribution in [0.25, 0.3) is 0 Å². The predicted octanol–water partition coefficient (Wildman–Crippen LogP) is 1.44. The Morgan fingerprint density at radius 2 is 1.74 bits per heavy atom. The standard InChI is InChI=1S/C11H24N2O4.2C2H6.CH5N/c1-16-9-10(8-14)4-2-3-6-13-11(15)5-7-17-12;3*1-2/h10,14H,2-9,12H2,1H3,(H,13,15);2*1-2H3;2H2,1H3. The van der Waals surface area contributed by atoms with E-state index >= 15 is 0 Å². The van der Waals surface area contributed by atoms with E-state index in [1.54, 1.807) is 7.11 Å². The van der Waals surface area contributed by atoms with Crippen molar-refractivity contribution in [1.29, 1.82) is 0 Å². The molecule has 0 aliphatic carbocycles. The molecule has 0 aromatic carbocycles. The molecule has 0 spiro atoms. The second-order valence-corrected chi connectivity index (χ2v) is 3.97. The van der Waals surface area contributed by atoms with Crippen LogP contribution in [0.2, 0.25) is 0 Å². The average molecular weight is 340 g/mol. The summed E-state index contributed by atoms with van der Waals surface area (Å²) in [7, 11) is 3.13. The molecule has 6 N–H and O–H groups in total. The van der Waals surface area contributed by atoms with E-state index in [1.807, 2.05) is 27.7 Å². The van der Waals surface area contributed by atoms with Crippen LogP contribution < -0.4 is 16.9 Å². The summed E-state index contributed by atoms with van der Waals surface area (Å²) in [6, 6.07) is 0. The van der Waals surface area contributed by atoms with Crippen molar-refractivity contribution in [3.8, 4) is 0 Å². The van der Waals surface area contributed by atoms with Crippen LogP contribution in [0.5, 0.6) is 0 Å². The molecule has 0 saturated heterocycles. The summed E-state index contributed by atoms with van der Waals surface area (Å²) in [4.78, 5) is 15.5. The van der Waals surface area contributed by atoms with Crippen molar-refractivity contribution >= 4 is 5.91 Å². The minimum atomic E-state index is -0.0500. The minimum Gasteiger partial charge on any atom is -0.396 e. The molecule has 0 fully saturated rings. The molecule has 0 aromatic heterocycles. The molecule has 0 radical (unpaired) electrons. The molecular formula is C16H41N3O4. The molecular weight excluding hydrogens is 298 g/mol. The van der Waals surface area contributed by atoms with Crippen LogP contribution in [0.1, 0.15) is 53.4 Å². The first-order valence-corrected chi connectivity index (χ1v) is 8.50. The van der Waals surface area contributed by atoms with Gasteiger partial charge in [0, 0.05) is 26.2 Å². The fourth-order valence-corrected chi connectivity index (χ4v) is 1.49. The van der Waals surface area contributed by atoms with E-state index in [-0.39, 0.29) is 25.0 Å². The number of aliphatic hydroxyl groups excluding tert-OH is 1. The summed E-state index contributed by atoms with van der Waals surface area (Å²) in [5.74, 6) is 4.96. The SMILES string of the molecule is CC.CC.CN.COCC(CO)CCCCNC(=O)CCON. The highest BCUT2D eigenvalue weighted by molar-refractivity contribution is 5.75. The maximum Gasteiger partial charge on any atom is 0.222 e.